The molecule has 0 spiro atoms. The first-order valence-electron chi connectivity index (χ1n) is 4.79. The van der Waals surface area contributed by atoms with Crippen molar-refractivity contribution in [2.24, 2.45) is 0 Å². The van der Waals surface area contributed by atoms with Crippen LogP contribution in [0.5, 0.6) is 0 Å². The smallest absolute Gasteiger partial charge is 0.141 e. The highest BCUT2D eigenvalue weighted by Gasteiger charge is 2.08. The highest BCUT2D eigenvalue weighted by molar-refractivity contribution is 4.83. The van der Waals surface area contributed by atoms with Gasteiger partial charge < -0.3 is 0 Å². The number of rotatable bonds is 8. The molecule has 0 N–H and O–H groups in total. The zero-order valence-electron chi connectivity index (χ0n) is 8.26. The molecule has 0 unspecified atom stereocenters. The molecule has 0 aromatic heterocycles. The monoisotopic (exact) mass is 167 g/mol. The lowest BCUT2D eigenvalue weighted by molar-refractivity contribution is 0.460. The van der Waals surface area contributed by atoms with Gasteiger partial charge in [-0.05, 0) is 18.6 Å². The molecule has 1 nitrogen and oxygen atoms in total. The molecule has 69 valence electrons. The fourth-order valence-corrected chi connectivity index (χ4v) is 1.21. The van der Waals surface area contributed by atoms with Crippen molar-refractivity contribution in [1.29, 1.82) is 0 Å². The number of hydrogen-bond acceptors (Lipinski definition) is 1. The van der Waals surface area contributed by atoms with Crippen molar-refractivity contribution in [2.45, 2.75) is 26.2 Å². The molecule has 0 rings (SSSR count). The molecule has 0 aromatic rings. The second kappa shape index (κ2) is 8.54. The fourth-order valence-electron chi connectivity index (χ4n) is 1.21. The predicted molar refractivity (Wildman–Crippen MR) is 56.7 cm³/mol. The van der Waals surface area contributed by atoms with Gasteiger partial charge in [0.2, 0.25) is 0 Å². The van der Waals surface area contributed by atoms with Gasteiger partial charge >= 0.3 is 0 Å². The number of unbranched alkanes of at least 4 members (excludes halogenated alkanes) is 2. The van der Waals surface area contributed by atoms with E-state index in [1.807, 2.05) is 12.2 Å². The van der Waals surface area contributed by atoms with Crippen molar-refractivity contribution < 1.29 is 0 Å². The Morgan fingerprint density at radius 2 is 1.67 bits per heavy atom. The Labute approximate surface area is 76.8 Å². The first-order valence-corrected chi connectivity index (χ1v) is 4.79. The van der Waals surface area contributed by atoms with Crippen LogP contribution in [0.15, 0.2) is 25.3 Å². The van der Waals surface area contributed by atoms with Crippen LogP contribution in [0.25, 0.3) is 0 Å². The summed E-state index contributed by atoms with van der Waals surface area (Å²) < 4.78 is 0. The average Bonchev–Trinajstić information content (AvgIpc) is 2.06. The van der Waals surface area contributed by atoms with Crippen LogP contribution in [0.3, 0.4) is 0 Å². The fraction of sp³-hybridized carbons (Fsp3) is 0.636. The minimum absolute atomic E-state index is 0.982. The molecule has 0 aliphatic carbocycles. The van der Waals surface area contributed by atoms with Crippen molar-refractivity contribution in [2.75, 3.05) is 19.6 Å². The normalized spacial score (nSPS) is 10.2. The van der Waals surface area contributed by atoms with E-state index in [-0.39, 0.29) is 0 Å². The van der Waals surface area contributed by atoms with Crippen molar-refractivity contribution in [3.63, 3.8) is 0 Å². The van der Waals surface area contributed by atoms with Crippen LogP contribution in [-0.2, 0) is 0 Å². The summed E-state index contributed by atoms with van der Waals surface area (Å²) in [4.78, 5) is 2.36. The summed E-state index contributed by atoms with van der Waals surface area (Å²) in [5.74, 6) is 0. The SMILES string of the molecule is C=CC[N+](CC=C)CCCCC. The van der Waals surface area contributed by atoms with Gasteiger partial charge in [-0.2, -0.15) is 4.90 Å². The third-order valence-electron chi connectivity index (χ3n) is 1.85. The average molecular weight is 167 g/mol. The van der Waals surface area contributed by atoms with E-state index < -0.39 is 0 Å². The van der Waals surface area contributed by atoms with Crippen molar-refractivity contribution in [3.05, 3.63) is 25.3 Å². The molecule has 0 aromatic carbocycles. The van der Waals surface area contributed by atoms with Gasteiger partial charge in [0, 0.05) is 6.42 Å². The second-order valence-electron chi connectivity index (χ2n) is 3.04. The molecule has 0 heterocycles. The molecule has 0 bridgehead atoms. The highest BCUT2D eigenvalue weighted by Crippen LogP contribution is 1.96. The van der Waals surface area contributed by atoms with Gasteiger partial charge in [0.05, 0.1) is 0 Å². The molecule has 0 aliphatic heterocycles. The van der Waals surface area contributed by atoms with Gasteiger partial charge in [-0.25, -0.2) is 0 Å². The molecular weight excluding hydrogens is 146 g/mol. The summed E-state index contributed by atoms with van der Waals surface area (Å²) in [7, 11) is 0. The number of nitrogens with zero attached hydrogens (tertiary/aromatic N) is 1. The Kier molecular flexibility index (Phi) is 8.14. The van der Waals surface area contributed by atoms with Crippen LogP contribution in [-0.4, -0.2) is 19.6 Å². The number of hydrogen-bond donors (Lipinski definition) is 0. The molecular formula is C11H21N+. The van der Waals surface area contributed by atoms with Crippen LogP contribution < -0.4 is 4.90 Å². The minimum atomic E-state index is 0.982. The summed E-state index contributed by atoms with van der Waals surface area (Å²) in [6, 6.07) is 0. The standard InChI is InChI=1S/C11H21N/c1-4-7-8-11-12(9-5-2)10-6-3/h5-6H,2-4,7-11H2,1H3/q+1. The molecule has 0 saturated carbocycles. The zero-order chi connectivity index (χ0) is 9.23. The van der Waals surface area contributed by atoms with Crippen molar-refractivity contribution in [3.8, 4) is 0 Å². The quantitative estimate of drug-likeness (QED) is 0.298. The van der Waals surface area contributed by atoms with E-state index in [0.717, 1.165) is 13.1 Å². The molecule has 1 heteroatoms. The maximum atomic E-state index is 3.74. The van der Waals surface area contributed by atoms with Gasteiger partial charge in [0.1, 0.15) is 19.6 Å². The van der Waals surface area contributed by atoms with Crippen LogP contribution in [0.4, 0.5) is 0 Å². The zero-order valence-corrected chi connectivity index (χ0v) is 8.26. The molecule has 0 atom stereocenters. The topological polar surface area (TPSA) is 5.90 Å². The van der Waals surface area contributed by atoms with Crippen LogP contribution in [0.2, 0.25) is 0 Å². The maximum Gasteiger partial charge on any atom is 0.141 e. The minimum Gasteiger partial charge on any atom is -0.163 e. The molecule has 1 radical (unpaired) electrons. The van der Waals surface area contributed by atoms with E-state index >= 15 is 0 Å². The third-order valence-corrected chi connectivity index (χ3v) is 1.85. The van der Waals surface area contributed by atoms with Gasteiger partial charge in [0.15, 0.2) is 0 Å². The Morgan fingerprint density at radius 3 is 2.08 bits per heavy atom. The highest BCUT2D eigenvalue weighted by atomic mass is 15.1. The van der Waals surface area contributed by atoms with Crippen LogP contribution in [0, 0.1) is 0 Å². The van der Waals surface area contributed by atoms with Gasteiger partial charge in [0.25, 0.3) is 0 Å². The lowest BCUT2D eigenvalue weighted by Crippen LogP contribution is -2.31. The molecule has 0 saturated heterocycles. The summed E-state index contributed by atoms with van der Waals surface area (Å²) >= 11 is 0. The second-order valence-corrected chi connectivity index (χ2v) is 3.04. The summed E-state index contributed by atoms with van der Waals surface area (Å²) in [5, 5.41) is 0. The third kappa shape index (κ3) is 6.17. The Morgan fingerprint density at radius 1 is 1.08 bits per heavy atom. The first kappa shape index (κ1) is 11.4. The van der Waals surface area contributed by atoms with Crippen LogP contribution in [0.1, 0.15) is 26.2 Å². The van der Waals surface area contributed by atoms with Gasteiger partial charge in [-0.3, -0.25) is 0 Å². The van der Waals surface area contributed by atoms with E-state index in [1.54, 1.807) is 0 Å². The maximum absolute atomic E-state index is 3.74. The van der Waals surface area contributed by atoms with E-state index in [1.165, 1.54) is 25.8 Å². The van der Waals surface area contributed by atoms with Crippen molar-refractivity contribution in [1.82, 2.24) is 4.90 Å². The molecule has 0 amide bonds. The predicted octanol–water partition coefficient (Wildman–Crippen LogP) is 2.69. The Hall–Kier alpha value is -0.560. The van der Waals surface area contributed by atoms with Crippen molar-refractivity contribution >= 4 is 0 Å². The summed E-state index contributed by atoms with van der Waals surface area (Å²) in [6.07, 6.45) is 7.81. The Bertz CT molecular complexity index is 108. The Balaban J connectivity index is 3.47. The molecule has 12 heavy (non-hydrogen) atoms. The summed E-state index contributed by atoms with van der Waals surface area (Å²) in [6.45, 7) is 12.8. The van der Waals surface area contributed by atoms with E-state index in [2.05, 4.69) is 25.0 Å². The lowest BCUT2D eigenvalue weighted by atomic mass is 10.2. The van der Waals surface area contributed by atoms with E-state index in [9.17, 15) is 0 Å². The molecule has 0 aliphatic rings. The molecule has 0 fully saturated rings. The van der Waals surface area contributed by atoms with Gasteiger partial charge in [-0.1, -0.05) is 26.5 Å². The summed E-state index contributed by atoms with van der Waals surface area (Å²) in [5.41, 5.74) is 0. The van der Waals surface area contributed by atoms with Gasteiger partial charge in [-0.15, -0.1) is 0 Å². The largest absolute Gasteiger partial charge is 0.163 e. The van der Waals surface area contributed by atoms with Crippen LogP contribution >= 0.6 is 0 Å². The van der Waals surface area contributed by atoms with E-state index in [4.69, 9.17) is 0 Å². The first-order chi connectivity index (χ1) is 5.85. The van der Waals surface area contributed by atoms with E-state index in [0.29, 0.717) is 0 Å². The lowest BCUT2D eigenvalue weighted by Gasteiger charge is -2.07.